The number of fused-ring (bicyclic) bond motifs is 1. The highest BCUT2D eigenvalue weighted by atomic mass is 32.2. The Hall–Kier alpha value is -2.98. The number of aryl methyl sites for hydroxylation is 1. The number of hydrogen-bond donors (Lipinski definition) is 3. The van der Waals surface area contributed by atoms with Crippen molar-refractivity contribution in [3.05, 3.63) is 48.3 Å². The monoisotopic (exact) mass is 459 g/mol. The number of anilines is 1. The van der Waals surface area contributed by atoms with Crippen molar-refractivity contribution in [3.63, 3.8) is 0 Å². The fourth-order valence-corrected chi connectivity index (χ4v) is 4.02. The van der Waals surface area contributed by atoms with Crippen LogP contribution in [0.5, 0.6) is 0 Å². The van der Waals surface area contributed by atoms with Crippen molar-refractivity contribution in [2.24, 2.45) is 0 Å². The van der Waals surface area contributed by atoms with E-state index in [2.05, 4.69) is 41.7 Å². The molecule has 0 saturated carbocycles. The summed E-state index contributed by atoms with van der Waals surface area (Å²) in [7, 11) is -4.31. The predicted molar refractivity (Wildman–Crippen MR) is 123 cm³/mol. The predicted octanol–water partition coefficient (Wildman–Crippen LogP) is 2.98. The Morgan fingerprint density at radius 2 is 1.81 bits per heavy atom. The lowest BCUT2D eigenvalue weighted by molar-refractivity contribution is -0.121. The Morgan fingerprint density at radius 1 is 1.09 bits per heavy atom. The van der Waals surface area contributed by atoms with E-state index in [1.165, 1.54) is 6.07 Å². The molecule has 0 unspecified atom stereocenters. The van der Waals surface area contributed by atoms with E-state index in [4.69, 9.17) is 0 Å². The Kier molecular flexibility index (Phi) is 7.15. The average molecular weight is 460 g/mol. The van der Waals surface area contributed by atoms with Crippen LogP contribution in [0.1, 0.15) is 39.3 Å². The van der Waals surface area contributed by atoms with Gasteiger partial charge in [-0.1, -0.05) is 29.5 Å². The van der Waals surface area contributed by atoms with Gasteiger partial charge in [-0.15, -0.1) is 5.10 Å². The van der Waals surface area contributed by atoms with Crippen LogP contribution in [0, 0.1) is 0 Å². The summed E-state index contributed by atoms with van der Waals surface area (Å²) >= 11 is 0. The lowest BCUT2D eigenvalue weighted by Crippen LogP contribution is -2.28. The van der Waals surface area contributed by atoms with Crippen molar-refractivity contribution in [2.75, 3.05) is 18.4 Å². The van der Waals surface area contributed by atoms with Gasteiger partial charge < -0.3 is 10.6 Å². The molecule has 3 N–H and O–H groups in total. The minimum atomic E-state index is -4.31. The van der Waals surface area contributed by atoms with Crippen molar-refractivity contribution in [2.45, 2.75) is 50.5 Å². The summed E-state index contributed by atoms with van der Waals surface area (Å²) in [5.41, 5.74) is 1.48. The van der Waals surface area contributed by atoms with Crippen molar-refractivity contribution in [3.8, 4) is 0 Å². The van der Waals surface area contributed by atoms with Gasteiger partial charge in [0.25, 0.3) is 10.1 Å². The first-order valence-corrected chi connectivity index (χ1v) is 11.9. The molecule has 1 amide bonds. The molecule has 1 aromatic heterocycles. The summed E-state index contributed by atoms with van der Waals surface area (Å²) < 4.78 is 34.4. The third-order valence-corrected chi connectivity index (χ3v) is 5.90. The third kappa shape index (κ3) is 6.04. The number of nitrogens with zero attached hydrogens (tertiary/aromatic N) is 3. The van der Waals surface area contributed by atoms with Crippen molar-refractivity contribution in [1.29, 1.82) is 0 Å². The maximum Gasteiger partial charge on any atom is 0.295 e. The first-order valence-electron chi connectivity index (χ1n) is 10.5. The second kappa shape index (κ2) is 9.66. The maximum absolute atomic E-state index is 12.1. The van der Waals surface area contributed by atoms with Crippen molar-refractivity contribution < 1.29 is 17.8 Å². The molecule has 0 bridgehead atoms. The molecule has 0 fully saturated rings. The number of nitrogens with one attached hydrogen (secondary N) is 2. The molecule has 32 heavy (non-hydrogen) atoms. The van der Waals surface area contributed by atoms with Crippen LogP contribution in [0.3, 0.4) is 0 Å². The van der Waals surface area contributed by atoms with Crippen molar-refractivity contribution >= 4 is 32.5 Å². The molecular formula is C22H29N5O4S. The van der Waals surface area contributed by atoms with Gasteiger partial charge in [0.2, 0.25) is 5.91 Å². The standard InChI is InChI=1S/C22H29N5O4S/c1-22(2,3)27-15-16(25-26-27)7-4-12-21(28)24-14-13-23-19-10-5-9-18-17(19)8-6-11-20(18)32(29,30)31/h5-6,8-11,15,23H,4,7,12-14H2,1-3H3,(H,24,28)(H,29,30,31). The minimum Gasteiger partial charge on any atom is -0.383 e. The molecule has 3 aromatic rings. The van der Waals surface area contributed by atoms with Gasteiger partial charge in [-0.2, -0.15) is 8.42 Å². The first-order chi connectivity index (χ1) is 15.1. The number of aromatic nitrogens is 3. The zero-order chi connectivity index (χ0) is 23.4. The quantitative estimate of drug-likeness (QED) is 0.332. The summed E-state index contributed by atoms with van der Waals surface area (Å²) in [6.07, 6.45) is 3.69. The molecule has 2 aromatic carbocycles. The molecular weight excluding hydrogens is 430 g/mol. The second-order valence-electron chi connectivity index (χ2n) is 8.59. The van der Waals surface area contributed by atoms with E-state index in [9.17, 15) is 17.8 Å². The zero-order valence-electron chi connectivity index (χ0n) is 18.5. The van der Waals surface area contributed by atoms with Gasteiger partial charge in [-0.3, -0.25) is 9.35 Å². The molecule has 0 radical (unpaired) electrons. The van der Waals surface area contributed by atoms with Crippen molar-refractivity contribution in [1.82, 2.24) is 20.3 Å². The Morgan fingerprint density at radius 3 is 2.50 bits per heavy atom. The van der Waals surface area contributed by atoms with E-state index in [0.717, 1.165) is 11.4 Å². The molecule has 0 aliphatic carbocycles. The molecule has 172 valence electrons. The van der Waals surface area contributed by atoms with Gasteiger partial charge in [0.1, 0.15) is 4.90 Å². The molecule has 9 nitrogen and oxygen atoms in total. The molecule has 0 aliphatic rings. The maximum atomic E-state index is 12.1. The summed E-state index contributed by atoms with van der Waals surface area (Å²) in [6.45, 7) is 7.06. The average Bonchev–Trinajstić information content (AvgIpc) is 3.19. The number of carbonyl (C=O) groups is 1. The van der Waals surface area contributed by atoms with Crippen LogP contribution in [0.25, 0.3) is 10.8 Å². The van der Waals surface area contributed by atoms with E-state index >= 15 is 0 Å². The van der Waals surface area contributed by atoms with Gasteiger partial charge in [0.15, 0.2) is 0 Å². The van der Waals surface area contributed by atoms with E-state index in [0.29, 0.717) is 43.1 Å². The molecule has 0 saturated heterocycles. The number of rotatable bonds is 9. The van der Waals surface area contributed by atoms with Crippen LogP contribution in [0.2, 0.25) is 0 Å². The summed E-state index contributed by atoms with van der Waals surface area (Å²) in [5.74, 6) is -0.0402. The molecule has 0 spiro atoms. The lowest BCUT2D eigenvalue weighted by atomic mass is 10.1. The highest BCUT2D eigenvalue weighted by Crippen LogP contribution is 2.28. The van der Waals surface area contributed by atoms with Gasteiger partial charge in [-0.05, 0) is 45.7 Å². The lowest BCUT2D eigenvalue weighted by Gasteiger charge is -2.17. The molecule has 3 rings (SSSR count). The van der Waals surface area contributed by atoms with Crippen LogP contribution in [0.4, 0.5) is 5.69 Å². The topological polar surface area (TPSA) is 126 Å². The van der Waals surface area contributed by atoms with Gasteiger partial charge in [-0.25, -0.2) is 4.68 Å². The van der Waals surface area contributed by atoms with E-state index in [1.807, 2.05) is 16.9 Å². The van der Waals surface area contributed by atoms with Crippen LogP contribution in [0.15, 0.2) is 47.5 Å². The first kappa shape index (κ1) is 23.7. The van der Waals surface area contributed by atoms with E-state index in [-0.39, 0.29) is 16.3 Å². The third-order valence-electron chi connectivity index (χ3n) is 4.99. The van der Waals surface area contributed by atoms with Crippen LogP contribution >= 0.6 is 0 Å². The summed E-state index contributed by atoms with van der Waals surface area (Å²) in [6, 6.07) is 9.91. The molecule has 10 heteroatoms. The van der Waals surface area contributed by atoms with Gasteiger partial charge >= 0.3 is 0 Å². The Labute approximate surface area is 188 Å². The summed E-state index contributed by atoms with van der Waals surface area (Å²) in [5, 5.41) is 15.5. The van der Waals surface area contributed by atoms with Gasteiger partial charge in [0, 0.05) is 42.2 Å². The second-order valence-corrected chi connectivity index (χ2v) is 9.98. The van der Waals surface area contributed by atoms with E-state index in [1.54, 1.807) is 24.3 Å². The number of hydrogen-bond acceptors (Lipinski definition) is 6. The molecule has 0 atom stereocenters. The fraction of sp³-hybridized carbons (Fsp3) is 0.409. The largest absolute Gasteiger partial charge is 0.383 e. The SMILES string of the molecule is CC(C)(C)n1cc(CCCC(=O)NCCNc2cccc3c(S(=O)(=O)O)cccc23)nn1. The molecule has 1 heterocycles. The van der Waals surface area contributed by atoms with E-state index < -0.39 is 10.1 Å². The zero-order valence-corrected chi connectivity index (χ0v) is 19.3. The molecule has 0 aliphatic heterocycles. The van der Waals surface area contributed by atoms with Crippen LogP contribution < -0.4 is 10.6 Å². The Bertz CT molecular complexity index is 1200. The number of benzene rings is 2. The Balaban J connectivity index is 1.46. The smallest absolute Gasteiger partial charge is 0.295 e. The highest BCUT2D eigenvalue weighted by molar-refractivity contribution is 7.86. The number of carbonyl (C=O) groups excluding carboxylic acids is 1. The van der Waals surface area contributed by atoms with Crippen LogP contribution in [-0.2, 0) is 26.9 Å². The normalized spacial score (nSPS) is 12.1. The van der Waals surface area contributed by atoms with Crippen LogP contribution in [-0.4, -0.2) is 47.0 Å². The van der Waals surface area contributed by atoms with Gasteiger partial charge in [0.05, 0.1) is 11.2 Å². The number of amides is 1. The fourth-order valence-electron chi connectivity index (χ4n) is 3.32. The highest BCUT2D eigenvalue weighted by Gasteiger charge is 2.16. The summed E-state index contributed by atoms with van der Waals surface area (Å²) in [4.78, 5) is 12.0. The minimum absolute atomic E-state index is 0.0402.